The Morgan fingerprint density at radius 3 is 2.93 bits per heavy atom. The molecule has 0 radical (unpaired) electrons. The zero-order valence-corrected chi connectivity index (χ0v) is 8.41. The highest BCUT2D eigenvalue weighted by Crippen LogP contribution is 2.21. The lowest BCUT2D eigenvalue weighted by molar-refractivity contribution is 1.20. The minimum absolute atomic E-state index is 0.386. The van der Waals surface area contributed by atoms with E-state index >= 15 is 0 Å². The van der Waals surface area contributed by atoms with Gasteiger partial charge in [-0.15, -0.1) is 0 Å². The summed E-state index contributed by atoms with van der Waals surface area (Å²) in [6.07, 6.45) is 4.54. The summed E-state index contributed by atoms with van der Waals surface area (Å²) in [6, 6.07) is 3.73. The molecule has 14 heavy (non-hydrogen) atoms. The quantitative estimate of drug-likeness (QED) is 0.773. The van der Waals surface area contributed by atoms with Gasteiger partial charge in [-0.2, -0.15) is 5.26 Å². The van der Waals surface area contributed by atoms with Crippen molar-refractivity contribution in [3.8, 4) is 6.07 Å². The van der Waals surface area contributed by atoms with Crippen molar-refractivity contribution in [2.75, 3.05) is 5.73 Å². The first-order valence-electron chi connectivity index (χ1n) is 4.54. The van der Waals surface area contributed by atoms with Crippen LogP contribution in [0.4, 0.5) is 5.82 Å². The molecular weight excluding hydrogens is 174 g/mol. The predicted molar refractivity (Wildman–Crippen MR) is 57.3 cm³/mol. The molecule has 72 valence electrons. The van der Waals surface area contributed by atoms with Crippen molar-refractivity contribution in [2.45, 2.75) is 20.3 Å². The summed E-state index contributed by atoms with van der Waals surface area (Å²) in [5.74, 6) is 0.386. The minimum Gasteiger partial charge on any atom is -0.384 e. The van der Waals surface area contributed by atoms with Gasteiger partial charge in [0, 0.05) is 11.8 Å². The molecule has 0 unspecified atom stereocenters. The fraction of sp³-hybridized carbons (Fsp3) is 0.273. The highest BCUT2D eigenvalue weighted by atomic mass is 14.8. The van der Waals surface area contributed by atoms with Crippen LogP contribution < -0.4 is 5.73 Å². The maximum absolute atomic E-state index is 8.92. The summed E-state index contributed by atoms with van der Waals surface area (Å²) in [7, 11) is 0. The van der Waals surface area contributed by atoms with Crippen molar-refractivity contribution in [3.63, 3.8) is 0 Å². The van der Waals surface area contributed by atoms with Crippen molar-refractivity contribution in [1.82, 2.24) is 4.98 Å². The van der Waals surface area contributed by atoms with Crippen molar-refractivity contribution in [1.29, 1.82) is 5.26 Å². The van der Waals surface area contributed by atoms with E-state index in [1.54, 1.807) is 12.3 Å². The number of allylic oxidation sites excluding steroid dienone is 2. The minimum atomic E-state index is 0.386. The van der Waals surface area contributed by atoms with Crippen LogP contribution in [-0.4, -0.2) is 4.98 Å². The van der Waals surface area contributed by atoms with Gasteiger partial charge in [0.25, 0.3) is 0 Å². The van der Waals surface area contributed by atoms with Gasteiger partial charge in [-0.25, -0.2) is 4.98 Å². The second-order valence-electron chi connectivity index (χ2n) is 2.93. The van der Waals surface area contributed by atoms with Gasteiger partial charge in [-0.1, -0.05) is 13.0 Å². The number of hydrogen-bond donors (Lipinski definition) is 1. The molecule has 0 amide bonds. The Bertz CT molecular complexity index is 399. The molecule has 0 spiro atoms. The van der Waals surface area contributed by atoms with Crippen molar-refractivity contribution < 1.29 is 0 Å². The molecule has 0 aromatic carbocycles. The molecule has 0 aliphatic heterocycles. The zero-order valence-electron chi connectivity index (χ0n) is 8.41. The molecule has 1 aromatic heterocycles. The molecule has 3 nitrogen and oxygen atoms in total. The highest BCUT2D eigenvalue weighted by molar-refractivity contribution is 5.70. The van der Waals surface area contributed by atoms with E-state index < -0.39 is 0 Å². The first-order chi connectivity index (χ1) is 6.72. The van der Waals surface area contributed by atoms with Gasteiger partial charge in [0.2, 0.25) is 0 Å². The molecule has 0 atom stereocenters. The molecule has 0 saturated carbocycles. The van der Waals surface area contributed by atoms with Crippen molar-refractivity contribution in [2.24, 2.45) is 0 Å². The molecule has 0 bridgehead atoms. The van der Waals surface area contributed by atoms with Crippen LogP contribution >= 0.6 is 0 Å². The summed E-state index contributed by atoms with van der Waals surface area (Å²) in [5, 5.41) is 8.92. The topological polar surface area (TPSA) is 62.7 Å². The third kappa shape index (κ3) is 1.91. The van der Waals surface area contributed by atoms with E-state index in [0.717, 1.165) is 17.6 Å². The average molecular weight is 187 g/mol. The molecule has 1 aromatic rings. The number of nitrogens with zero attached hydrogens (tertiary/aromatic N) is 2. The van der Waals surface area contributed by atoms with Gasteiger partial charge in [-0.3, -0.25) is 0 Å². The van der Waals surface area contributed by atoms with Gasteiger partial charge >= 0.3 is 0 Å². The standard InChI is InChI=1S/C11H13N3/c1-3-8(4-2)10-7-14-11(13)5-9(10)6-12/h3,5,7H,4H2,1-2H3,(H2,13,14)/b8-3+. The Hall–Kier alpha value is -1.82. The molecule has 3 heteroatoms. The molecular formula is C11H13N3. The molecule has 0 fully saturated rings. The number of nitrogens with two attached hydrogens (primary N) is 1. The number of rotatable bonds is 2. The Balaban J connectivity index is 3.29. The summed E-state index contributed by atoms with van der Waals surface area (Å²) in [4.78, 5) is 3.99. The van der Waals surface area contributed by atoms with E-state index in [4.69, 9.17) is 11.0 Å². The fourth-order valence-corrected chi connectivity index (χ4v) is 1.37. The predicted octanol–water partition coefficient (Wildman–Crippen LogP) is 2.35. The van der Waals surface area contributed by atoms with E-state index in [9.17, 15) is 0 Å². The van der Waals surface area contributed by atoms with Crippen LogP contribution in [-0.2, 0) is 0 Å². The average Bonchev–Trinajstić information content (AvgIpc) is 2.21. The number of aromatic nitrogens is 1. The van der Waals surface area contributed by atoms with E-state index in [0.29, 0.717) is 11.4 Å². The van der Waals surface area contributed by atoms with Crippen LogP contribution in [0.15, 0.2) is 18.3 Å². The van der Waals surface area contributed by atoms with Gasteiger partial charge in [-0.05, 0) is 25.0 Å². The lowest BCUT2D eigenvalue weighted by Crippen LogP contribution is -1.95. The molecule has 0 aliphatic rings. The highest BCUT2D eigenvalue weighted by Gasteiger charge is 2.06. The number of nitriles is 1. The van der Waals surface area contributed by atoms with Gasteiger partial charge in [0.15, 0.2) is 0 Å². The van der Waals surface area contributed by atoms with Crippen LogP contribution in [0.5, 0.6) is 0 Å². The van der Waals surface area contributed by atoms with Crippen LogP contribution in [0.3, 0.4) is 0 Å². The molecule has 2 N–H and O–H groups in total. The van der Waals surface area contributed by atoms with E-state index in [-0.39, 0.29) is 0 Å². The second-order valence-corrected chi connectivity index (χ2v) is 2.93. The first-order valence-corrected chi connectivity index (χ1v) is 4.54. The summed E-state index contributed by atoms with van der Waals surface area (Å²) < 4.78 is 0. The number of hydrogen-bond acceptors (Lipinski definition) is 3. The molecule has 0 aliphatic carbocycles. The Morgan fingerprint density at radius 2 is 2.43 bits per heavy atom. The third-order valence-electron chi connectivity index (χ3n) is 2.12. The molecule has 1 rings (SSSR count). The molecule has 1 heterocycles. The van der Waals surface area contributed by atoms with E-state index in [1.165, 1.54) is 0 Å². The summed E-state index contributed by atoms with van der Waals surface area (Å²) >= 11 is 0. The number of pyridine rings is 1. The van der Waals surface area contributed by atoms with Crippen molar-refractivity contribution >= 4 is 11.4 Å². The van der Waals surface area contributed by atoms with Gasteiger partial charge in [0.05, 0.1) is 11.6 Å². The van der Waals surface area contributed by atoms with Crippen LogP contribution in [0.1, 0.15) is 31.4 Å². The number of nitrogen functional groups attached to an aromatic ring is 1. The monoisotopic (exact) mass is 187 g/mol. The largest absolute Gasteiger partial charge is 0.384 e. The van der Waals surface area contributed by atoms with E-state index in [1.807, 2.05) is 19.9 Å². The van der Waals surface area contributed by atoms with Gasteiger partial charge in [0.1, 0.15) is 5.82 Å². The van der Waals surface area contributed by atoms with E-state index in [2.05, 4.69) is 11.1 Å². The first kappa shape index (κ1) is 10.3. The zero-order chi connectivity index (χ0) is 10.6. The molecule has 0 saturated heterocycles. The summed E-state index contributed by atoms with van der Waals surface area (Å²) in [5.41, 5.74) is 8.10. The second kappa shape index (κ2) is 4.43. The lowest BCUT2D eigenvalue weighted by atomic mass is 10.0. The van der Waals surface area contributed by atoms with Crippen LogP contribution in [0.25, 0.3) is 5.57 Å². The van der Waals surface area contributed by atoms with Crippen molar-refractivity contribution in [3.05, 3.63) is 29.5 Å². The SMILES string of the molecule is C/C=C(\CC)c1cnc(N)cc1C#N. The Morgan fingerprint density at radius 1 is 1.71 bits per heavy atom. The lowest BCUT2D eigenvalue weighted by Gasteiger charge is -2.06. The summed E-state index contributed by atoms with van der Waals surface area (Å²) in [6.45, 7) is 4.00. The fourth-order valence-electron chi connectivity index (χ4n) is 1.37. The maximum atomic E-state index is 8.92. The van der Waals surface area contributed by atoms with Crippen LogP contribution in [0, 0.1) is 11.3 Å². The van der Waals surface area contributed by atoms with Crippen LogP contribution in [0.2, 0.25) is 0 Å². The third-order valence-corrected chi connectivity index (χ3v) is 2.12. The smallest absolute Gasteiger partial charge is 0.124 e. The Labute approximate surface area is 83.9 Å². The Kier molecular flexibility index (Phi) is 3.24. The maximum Gasteiger partial charge on any atom is 0.124 e. The van der Waals surface area contributed by atoms with Gasteiger partial charge < -0.3 is 5.73 Å². The normalized spacial score (nSPS) is 11.1. The number of anilines is 1.